The van der Waals surface area contributed by atoms with Gasteiger partial charge in [0.2, 0.25) is 0 Å². The molecule has 3 rings (SSSR count). The lowest BCUT2D eigenvalue weighted by Crippen LogP contribution is -2.20. The summed E-state index contributed by atoms with van der Waals surface area (Å²) in [5.74, 6) is 2.19. The van der Waals surface area contributed by atoms with Crippen molar-refractivity contribution in [1.29, 1.82) is 0 Å². The van der Waals surface area contributed by atoms with Crippen LogP contribution in [-0.2, 0) is 7.05 Å². The Hall–Kier alpha value is -1.64. The molecule has 1 aliphatic carbocycles. The lowest BCUT2D eigenvalue weighted by Gasteiger charge is -2.24. The highest BCUT2D eigenvalue weighted by atomic mass is 16.1. The number of fused-ring (bicyclic) bond motifs is 1. The number of hydrogen-bond acceptors (Lipinski definition) is 2. The van der Waals surface area contributed by atoms with Crippen LogP contribution < -0.4 is 5.56 Å². The predicted molar refractivity (Wildman–Crippen MR) is 114 cm³/mol. The average Bonchev–Trinajstić information content (AvgIpc) is 2.65. The Morgan fingerprint density at radius 1 is 1.04 bits per heavy atom. The van der Waals surface area contributed by atoms with Gasteiger partial charge in [-0.05, 0) is 49.3 Å². The molecule has 146 valence electrons. The molecule has 1 aromatic heterocycles. The van der Waals surface area contributed by atoms with Crippen LogP contribution in [0.5, 0.6) is 0 Å². The number of aromatic nitrogens is 2. The number of benzene rings is 1. The van der Waals surface area contributed by atoms with E-state index in [1.54, 1.807) is 11.6 Å². The molecule has 3 heteroatoms. The van der Waals surface area contributed by atoms with Gasteiger partial charge >= 0.3 is 0 Å². The number of aryl methyl sites for hydroxylation is 1. The molecule has 26 heavy (non-hydrogen) atoms. The Balaban J connectivity index is 0.000000791. The molecule has 2 atom stereocenters. The summed E-state index contributed by atoms with van der Waals surface area (Å²) >= 11 is 0. The Labute approximate surface area is 159 Å². The molecule has 0 spiro atoms. The molecule has 1 aromatic carbocycles. The van der Waals surface area contributed by atoms with Crippen molar-refractivity contribution in [1.82, 2.24) is 9.55 Å². The van der Waals surface area contributed by atoms with Crippen molar-refractivity contribution in [3.63, 3.8) is 0 Å². The maximum atomic E-state index is 12.3. The number of nitrogens with zero attached hydrogens (tertiary/aromatic N) is 2. The second-order valence-electron chi connectivity index (χ2n) is 6.98. The number of hydrogen-bond donors (Lipinski definition) is 0. The molecule has 1 saturated carbocycles. The van der Waals surface area contributed by atoms with Crippen LogP contribution in [0.3, 0.4) is 0 Å². The SMILES string of the molecule is CC.CC.Cc1nc2cc(C3CCCCCC(C)C3)ccc2c(=O)n1C. The van der Waals surface area contributed by atoms with Gasteiger partial charge in [0.05, 0.1) is 10.9 Å². The zero-order valence-corrected chi connectivity index (χ0v) is 17.9. The lowest BCUT2D eigenvalue weighted by atomic mass is 9.81. The second-order valence-corrected chi connectivity index (χ2v) is 6.98. The minimum atomic E-state index is 0.0556. The molecule has 0 N–H and O–H groups in total. The fraction of sp³-hybridized carbons (Fsp3) is 0.652. The third-order valence-electron chi connectivity index (χ3n) is 5.23. The second kappa shape index (κ2) is 11.2. The van der Waals surface area contributed by atoms with Gasteiger partial charge in [-0.1, -0.05) is 66.4 Å². The first kappa shape index (κ1) is 22.4. The van der Waals surface area contributed by atoms with Crippen LogP contribution in [0.4, 0.5) is 0 Å². The van der Waals surface area contributed by atoms with Gasteiger partial charge in [-0.25, -0.2) is 4.98 Å². The first-order valence-electron chi connectivity index (χ1n) is 10.5. The monoisotopic (exact) mass is 358 g/mol. The van der Waals surface area contributed by atoms with Gasteiger partial charge in [-0.15, -0.1) is 0 Å². The van der Waals surface area contributed by atoms with Gasteiger partial charge in [-0.3, -0.25) is 9.36 Å². The van der Waals surface area contributed by atoms with Gasteiger partial charge in [0.1, 0.15) is 5.82 Å². The van der Waals surface area contributed by atoms with E-state index in [1.165, 1.54) is 44.1 Å². The summed E-state index contributed by atoms with van der Waals surface area (Å²) in [7, 11) is 1.79. The molecular formula is C23H38N2O. The summed E-state index contributed by atoms with van der Waals surface area (Å²) < 4.78 is 1.62. The van der Waals surface area contributed by atoms with E-state index in [0.29, 0.717) is 5.92 Å². The van der Waals surface area contributed by atoms with E-state index in [9.17, 15) is 4.79 Å². The van der Waals surface area contributed by atoms with Crippen LogP contribution in [0.2, 0.25) is 0 Å². The lowest BCUT2D eigenvalue weighted by molar-refractivity contribution is 0.369. The van der Waals surface area contributed by atoms with Crippen molar-refractivity contribution < 1.29 is 0 Å². The highest BCUT2D eigenvalue weighted by molar-refractivity contribution is 5.78. The van der Waals surface area contributed by atoms with E-state index in [4.69, 9.17) is 0 Å². The summed E-state index contributed by atoms with van der Waals surface area (Å²) in [4.78, 5) is 16.9. The first-order chi connectivity index (χ1) is 12.6. The highest BCUT2D eigenvalue weighted by Crippen LogP contribution is 2.34. The smallest absolute Gasteiger partial charge is 0.261 e. The fourth-order valence-electron chi connectivity index (χ4n) is 3.74. The molecular weight excluding hydrogens is 320 g/mol. The normalized spacial score (nSPS) is 20.1. The molecule has 0 aliphatic heterocycles. The third-order valence-corrected chi connectivity index (χ3v) is 5.23. The number of rotatable bonds is 1. The van der Waals surface area contributed by atoms with Gasteiger partial charge in [-0.2, -0.15) is 0 Å². The molecule has 0 amide bonds. The average molecular weight is 359 g/mol. The third kappa shape index (κ3) is 5.43. The Morgan fingerprint density at radius 2 is 1.69 bits per heavy atom. The quantitative estimate of drug-likeness (QED) is 0.594. The Bertz CT molecular complexity index is 733. The zero-order valence-electron chi connectivity index (χ0n) is 17.9. The van der Waals surface area contributed by atoms with Crippen molar-refractivity contribution in [2.24, 2.45) is 13.0 Å². The summed E-state index contributed by atoms with van der Waals surface area (Å²) in [5.41, 5.74) is 2.27. The Morgan fingerprint density at radius 3 is 2.38 bits per heavy atom. The van der Waals surface area contributed by atoms with Crippen LogP contribution in [0.25, 0.3) is 10.9 Å². The van der Waals surface area contributed by atoms with Crippen molar-refractivity contribution in [2.75, 3.05) is 0 Å². The molecule has 2 aromatic rings. The van der Waals surface area contributed by atoms with Gasteiger partial charge in [0, 0.05) is 7.05 Å². The van der Waals surface area contributed by atoms with E-state index < -0.39 is 0 Å². The fourth-order valence-corrected chi connectivity index (χ4v) is 3.74. The van der Waals surface area contributed by atoms with Gasteiger partial charge in [0.25, 0.3) is 5.56 Å². The van der Waals surface area contributed by atoms with Crippen molar-refractivity contribution in [3.05, 3.63) is 39.9 Å². The predicted octanol–water partition coefficient (Wildman–Crippen LogP) is 6.37. The molecule has 2 unspecified atom stereocenters. The minimum absolute atomic E-state index is 0.0556. The van der Waals surface area contributed by atoms with Crippen molar-refractivity contribution in [3.8, 4) is 0 Å². The maximum absolute atomic E-state index is 12.3. The summed E-state index contributed by atoms with van der Waals surface area (Å²) in [5, 5.41) is 0.732. The van der Waals surface area contributed by atoms with E-state index in [-0.39, 0.29) is 5.56 Å². The van der Waals surface area contributed by atoms with Crippen LogP contribution in [0.1, 0.15) is 90.4 Å². The largest absolute Gasteiger partial charge is 0.299 e. The summed E-state index contributed by atoms with van der Waals surface area (Å²) in [6.45, 7) is 12.3. The van der Waals surface area contributed by atoms with Crippen molar-refractivity contribution in [2.45, 2.75) is 86.0 Å². The van der Waals surface area contributed by atoms with Crippen LogP contribution in [0, 0.1) is 12.8 Å². The zero-order chi connectivity index (χ0) is 19.7. The molecule has 1 fully saturated rings. The van der Waals surface area contributed by atoms with E-state index in [0.717, 1.165) is 22.6 Å². The van der Waals surface area contributed by atoms with E-state index in [1.807, 2.05) is 40.7 Å². The minimum Gasteiger partial charge on any atom is -0.299 e. The van der Waals surface area contributed by atoms with E-state index >= 15 is 0 Å². The molecule has 0 radical (unpaired) electrons. The van der Waals surface area contributed by atoms with Crippen LogP contribution in [0.15, 0.2) is 23.0 Å². The van der Waals surface area contributed by atoms with Gasteiger partial charge < -0.3 is 0 Å². The summed E-state index contributed by atoms with van der Waals surface area (Å²) in [6.07, 6.45) is 7.92. The highest BCUT2D eigenvalue weighted by Gasteiger charge is 2.18. The molecule has 3 nitrogen and oxygen atoms in total. The Kier molecular flexibility index (Phi) is 9.61. The summed E-state index contributed by atoms with van der Waals surface area (Å²) in [6, 6.07) is 6.28. The topological polar surface area (TPSA) is 34.9 Å². The molecule has 0 bridgehead atoms. The van der Waals surface area contributed by atoms with Gasteiger partial charge in [0.15, 0.2) is 0 Å². The van der Waals surface area contributed by atoms with E-state index in [2.05, 4.69) is 24.0 Å². The molecule has 1 aliphatic rings. The molecule has 0 saturated heterocycles. The van der Waals surface area contributed by atoms with Crippen LogP contribution >= 0.6 is 0 Å². The standard InChI is InChI=1S/C19H26N2O.2C2H6/c1-13-7-5-4-6-8-15(11-13)16-9-10-17-18(12-16)20-14(2)21(3)19(17)22;2*1-2/h9-10,12-13,15H,4-8,11H2,1-3H3;2*1-2H3. The maximum Gasteiger partial charge on any atom is 0.261 e. The first-order valence-corrected chi connectivity index (χ1v) is 10.5. The van der Waals surface area contributed by atoms with Crippen LogP contribution in [-0.4, -0.2) is 9.55 Å². The molecule has 1 heterocycles. The van der Waals surface area contributed by atoms with Crippen molar-refractivity contribution >= 4 is 10.9 Å².